The fraction of sp³-hybridized carbons (Fsp3) is 0.208. The molecule has 30 heavy (non-hydrogen) atoms. The molecule has 0 aliphatic heterocycles. The first kappa shape index (κ1) is 17.2. The summed E-state index contributed by atoms with van der Waals surface area (Å²) in [4.78, 5) is 12.8. The van der Waals surface area contributed by atoms with E-state index in [0.29, 0.717) is 24.3 Å². The summed E-state index contributed by atoms with van der Waals surface area (Å²) in [5, 5.41) is 15.7. The van der Waals surface area contributed by atoms with E-state index >= 15 is 0 Å². The minimum absolute atomic E-state index is 0.0278. The average molecular weight is 395 g/mol. The SMILES string of the molecule is CCn1c(=O)c2ccccc2n2c(CNc3ccc4c5c(cccc35)CC4)nnc12. The summed E-state index contributed by atoms with van der Waals surface area (Å²) in [5.41, 5.74) is 4.76. The number of rotatable bonds is 4. The summed E-state index contributed by atoms with van der Waals surface area (Å²) in [6, 6.07) is 18.6. The van der Waals surface area contributed by atoms with Gasteiger partial charge in [-0.3, -0.25) is 13.8 Å². The van der Waals surface area contributed by atoms with E-state index < -0.39 is 0 Å². The van der Waals surface area contributed by atoms with Gasteiger partial charge in [0.05, 0.1) is 17.4 Å². The van der Waals surface area contributed by atoms with Crippen LogP contribution in [-0.2, 0) is 25.9 Å². The molecule has 6 nitrogen and oxygen atoms in total. The maximum atomic E-state index is 12.8. The van der Waals surface area contributed by atoms with Gasteiger partial charge in [0.15, 0.2) is 5.82 Å². The predicted octanol–water partition coefficient (Wildman–Crippen LogP) is 3.93. The van der Waals surface area contributed by atoms with Gasteiger partial charge in [0.1, 0.15) is 0 Å². The van der Waals surface area contributed by atoms with E-state index in [-0.39, 0.29) is 5.56 Å². The quantitative estimate of drug-likeness (QED) is 0.501. The number of fused-ring (bicyclic) bond motifs is 3. The fourth-order valence-electron chi connectivity index (χ4n) is 4.79. The lowest BCUT2D eigenvalue weighted by atomic mass is 10.0. The number of para-hydroxylation sites is 1. The van der Waals surface area contributed by atoms with E-state index in [2.05, 4.69) is 45.8 Å². The summed E-state index contributed by atoms with van der Waals surface area (Å²) in [7, 11) is 0. The lowest BCUT2D eigenvalue weighted by molar-refractivity contribution is 0.734. The van der Waals surface area contributed by atoms with Crippen molar-refractivity contribution in [2.75, 3.05) is 5.32 Å². The van der Waals surface area contributed by atoms with Crippen molar-refractivity contribution < 1.29 is 0 Å². The van der Waals surface area contributed by atoms with Crippen LogP contribution >= 0.6 is 0 Å². The molecule has 1 aliphatic rings. The summed E-state index contributed by atoms with van der Waals surface area (Å²) in [6.07, 6.45) is 2.23. The van der Waals surface area contributed by atoms with Crippen LogP contribution in [-0.4, -0.2) is 19.2 Å². The number of anilines is 1. The standard InChI is InChI=1S/C24H21N5O/c1-2-28-23(30)18-7-3-4-9-20(18)29-21(26-27-24(28)29)14-25-19-13-12-16-11-10-15-6-5-8-17(19)22(15)16/h3-9,12-13,25H,2,10-11,14H2,1H3. The maximum absolute atomic E-state index is 12.8. The molecule has 148 valence electrons. The van der Waals surface area contributed by atoms with Crippen molar-refractivity contribution >= 4 is 33.1 Å². The lowest BCUT2D eigenvalue weighted by Crippen LogP contribution is -2.22. The molecule has 0 saturated heterocycles. The summed E-state index contributed by atoms with van der Waals surface area (Å²) < 4.78 is 3.67. The zero-order valence-electron chi connectivity index (χ0n) is 16.7. The monoisotopic (exact) mass is 395 g/mol. The molecule has 2 aromatic heterocycles. The van der Waals surface area contributed by atoms with Crippen LogP contribution in [0.3, 0.4) is 0 Å². The zero-order valence-corrected chi connectivity index (χ0v) is 16.7. The third kappa shape index (κ3) is 2.33. The van der Waals surface area contributed by atoms with Gasteiger partial charge in [0, 0.05) is 17.6 Å². The normalized spacial score (nSPS) is 13.0. The van der Waals surface area contributed by atoms with Crippen LogP contribution < -0.4 is 10.9 Å². The Morgan fingerprint density at radius 1 is 0.933 bits per heavy atom. The number of nitrogens with zero attached hydrogens (tertiary/aromatic N) is 4. The molecule has 0 atom stereocenters. The molecule has 6 heteroatoms. The second-order valence-corrected chi connectivity index (χ2v) is 7.78. The molecular weight excluding hydrogens is 374 g/mol. The molecule has 0 unspecified atom stereocenters. The number of nitrogens with one attached hydrogen (secondary N) is 1. The Balaban J connectivity index is 1.48. The minimum Gasteiger partial charge on any atom is -0.377 e. The molecule has 1 aliphatic carbocycles. The first-order valence-electron chi connectivity index (χ1n) is 10.4. The number of aromatic nitrogens is 4. The molecule has 6 rings (SSSR count). The third-order valence-electron chi connectivity index (χ3n) is 6.21. The van der Waals surface area contributed by atoms with Gasteiger partial charge in [-0.25, -0.2) is 0 Å². The van der Waals surface area contributed by atoms with Crippen molar-refractivity contribution in [1.82, 2.24) is 19.2 Å². The molecule has 0 amide bonds. The van der Waals surface area contributed by atoms with E-state index in [4.69, 9.17) is 0 Å². The summed E-state index contributed by atoms with van der Waals surface area (Å²) >= 11 is 0. The van der Waals surface area contributed by atoms with Gasteiger partial charge in [-0.15, -0.1) is 10.2 Å². The molecular formula is C24H21N5O. The van der Waals surface area contributed by atoms with Gasteiger partial charge in [0.2, 0.25) is 5.78 Å². The second-order valence-electron chi connectivity index (χ2n) is 7.78. The first-order chi connectivity index (χ1) is 14.8. The van der Waals surface area contributed by atoms with Crippen LogP contribution in [0.15, 0.2) is 59.4 Å². The van der Waals surface area contributed by atoms with Gasteiger partial charge in [-0.2, -0.15) is 0 Å². The Hall–Kier alpha value is -3.67. The van der Waals surface area contributed by atoms with Crippen LogP contribution in [0.25, 0.3) is 27.5 Å². The van der Waals surface area contributed by atoms with Crippen molar-refractivity contribution in [2.24, 2.45) is 0 Å². The zero-order chi connectivity index (χ0) is 20.2. The topological polar surface area (TPSA) is 64.2 Å². The molecule has 5 aromatic rings. The second kappa shape index (κ2) is 6.42. The molecule has 0 bridgehead atoms. The van der Waals surface area contributed by atoms with E-state index in [1.807, 2.05) is 35.6 Å². The molecule has 0 spiro atoms. The number of benzene rings is 3. The molecule has 2 heterocycles. The van der Waals surface area contributed by atoms with Crippen molar-refractivity contribution in [1.29, 1.82) is 0 Å². The Morgan fingerprint density at radius 3 is 2.60 bits per heavy atom. The Labute approximate surface area is 172 Å². The highest BCUT2D eigenvalue weighted by atomic mass is 16.1. The van der Waals surface area contributed by atoms with Crippen molar-refractivity contribution in [3.05, 3.63) is 81.9 Å². The van der Waals surface area contributed by atoms with Crippen molar-refractivity contribution in [3.8, 4) is 0 Å². The fourth-order valence-corrected chi connectivity index (χ4v) is 4.79. The van der Waals surface area contributed by atoms with E-state index in [1.54, 1.807) is 4.57 Å². The van der Waals surface area contributed by atoms with E-state index in [0.717, 1.165) is 29.9 Å². The molecule has 0 saturated carbocycles. The van der Waals surface area contributed by atoms with Crippen LogP contribution in [0.5, 0.6) is 0 Å². The third-order valence-corrected chi connectivity index (χ3v) is 6.21. The Morgan fingerprint density at radius 2 is 1.73 bits per heavy atom. The van der Waals surface area contributed by atoms with Crippen LogP contribution in [0.2, 0.25) is 0 Å². The number of aryl methyl sites for hydroxylation is 3. The predicted molar refractivity (Wildman–Crippen MR) is 119 cm³/mol. The summed E-state index contributed by atoms with van der Waals surface area (Å²) in [6.45, 7) is 3.02. The molecule has 1 N–H and O–H groups in total. The minimum atomic E-state index is -0.0278. The van der Waals surface area contributed by atoms with Gasteiger partial charge in [0.25, 0.3) is 5.56 Å². The summed E-state index contributed by atoms with van der Waals surface area (Å²) in [5.74, 6) is 1.37. The van der Waals surface area contributed by atoms with Gasteiger partial charge in [-0.1, -0.05) is 36.4 Å². The Kier molecular flexibility index (Phi) is 3.68. The van der Waals surface area contributed by atoms with Crippen molar-refractivity contribution in [2.45, 2.75) is 32.9 Å². The van der Waals surface area contributed by atoms with Crippen molar-refractivity contribution in [3.63, 3.8) is 0 Å². The highest BCUT2D eigenvalue weighted by Gasteiger charge is 2.18. The smallest absolute Gasteiger partial charge is 0.262 e. The van der Waals surface area contributed by atoms with E-state index in [9.17, 15) is 4.79 Å². The van der Waals surface area contributed by atoms with Gasteiger partial charge >= 0.3 is 0 Å². The van der Waals surface area contributed by atoms with Gasteiger partial charge < -0.3 is 5.32 Å². The molecule has 3 aromatic carbocycles. The van der Waals surface area contributed by atoms with Crippen LogP contribution in [0.1, 0.15) is 23.9 Å². The van der Waals surface area contributed by atoms with Crippen LogP contribution in [0, 0.1) is 0 Å². The van der Waals surface area contributed by atoms with Gasteiger partial charge in [-0.05, 0) is 54.5 Å². The highest BCUT2D eigenvalue weighted by molar-refractivity contribution is 5.99. The number of hydrogen-bond acceptors (Lipinski definition) is 4. The van der Waals surface area contributed by atoms with Crippen LogP contribution in [0.4, 0.5) is 5.69 Å². The number of hydrogen-bond donors (Lipinski definition) is 1. The average Bonchev–Trinajstić information content (AvgIpc) is 3.40. The molecule has 0 fully saturated rings. The lowest BCUT2D eigenvalue weighted by Gasteiger charge is -2.12. The van der Waals surface area contributed by atoms with E-state index in [1.165, 1.54) is 21.9 Å². The molecule has 0 radical (unpaired) electrons. The Bertz CT molecular complexity index is 1500. The largest absolute Gasteiger partial charge is 0.377 e. The first-order valence-corrected chi connectivity index (χ1v) is 10.4. The maximum Gasteiger partial charge on any atom is 0.262 e. The highest BCUT2D eigenvalue weighted by Crippen LogP contribution is 2.35.